The highest BCUT2D eigenvalue weighted by Gasteiger charge is 2.25. The molecule has 0 aromatic rings. The molecule has 2 rings (SSSR count). The summed E-state index contributed by atoms with van der Waals surface area (Å²) in [5.74, 6) is 0. The molecule has 0 spiro atoms. The van der Waals surface area contributed by atoms with E-state index in [2.05, 4.69) is 29.1 Å². The van der Waals surface area contributed by atoms with E-state index in [-0.39, 0.29) is 0 Å². The molecule has 2 unspecified atom stereocenters. The lowest BCUT2D eigenvalue weighted by molar-refractivity contribution is -0.0107. The first-order valence-electron chi connectivity index (χ1n) is 6.54. The van der Waals surface area contributed by atoms with Crippen LogP contribution in [0.15, 0.2) is 0 Å². The van der Waals surface area contributed by atoms with Crippen molar-refractivity contribution in [1.82, 2.24) is 15.1 Å². The first kappa shape index (κ1) is 12.3. The molecular weight excluding hydrogens is 202 g/mol. The second kappa shape index (κ2) is 5.96. The number of piperazine rings is 1. The Hall–Kier alpha value is -0.160. The summed E-state index contributed by atoms with van der Waals surface area (Å²) < 4.78 is 5.76. The molecule has 16 heavy (non-hydrogen) atoms. The van der Waals surface area contributed by atoms with Crippen LogP contribution in [-0.2, 0) is 4.74 Å². The molecule has 94 valence electrons. The second-order valence-corrected chi connectivity index (χ2v) is 5.00. The third kappa shape index (κ3) is 3.17. The summed E-state index contributed by atoms with van der Waals surface area (Å²) in [4.78, 5) is 5.04. The zero-order valence-corrected chi connectivity index (χ0v) is 10.6. The average Bonchev–Trinajstić information content (AvgIpc) is 2.33. The van der Waals surface area contributed by atoms with Crippen molar-refractivity contribution < 1.29 is 4.74 Å². The molecule has 2 saturated heterocycles. The van der Waals surface area contributed by atoms with Gasteiger partial charge in [0.1, 0.15) is 0 Å². The highest BCUT2D eigenvalue weighted by atomic mass is 16.5. The minimum Gasteiger partial charge on any atom is -0.374 e. The van der Waals surface area contributed by atoms with E-state index in [1.165, 1.54) is 26.1 Å². The number of morpholine rings is 1. The maximum Gasteiger partial charge on any atom is 0.0826 e. The Kier molecular flexibility index (Phi) is 4.58. The molecule has 4 nitrogen and oxygen atoms in total. The van der Waals surface area contributed by atoms with E-state index >= 15 is 0 Å². The van der Waals surface area contributed by atoms with Crippen LogP contribution in [0.2, 0.25) is 0 Å². The second-order valence-electron chi connectivity index (χ2n) is 5.00. The third-order valence-electron chi connectivity index (χ3n) is 3.80. The molecule has 0 bridgehead atoms. The van der Waals surface area contributed by atoms with Crippen LogP contribution in [0.3, 0.4) is 0 Å². The molecule has 2 heterocycles. The van der Waals surface area contributed by atoms with Crippen LogP contribution in [-0.4, -0.2) is 74.9 Å². The summed E-state index contributed by atoms with van der Waals surface area (Å²) >= 11 is 0. The van der Waals surface area contributed by atoms with Crippen LogP contribution < -0.4 is 5.32 Å². The van der Waals surface area contributed by atoms with Crippen LogP contribution in [0.5, 0.6) is 0 Å². The van der Waals surface area contributed by atoms with Gasteiger partial charge in [-0.1, -0.05) is 6.92 Å². The van der Waals surface area contributed by atoms with Crippen molar-refractivity contribution in [3.63, 3.8) is 0 Å². The molecule has 2 aliphatic rings. The van der Waals surface area contributed by atoms with Gasteiger partial charge in [0.05, 0.1) is 12.7 Å². The minimum absolute atomic E-state index is 0.398. The summed E-state index contributed by atoms with van der Waals surface area (Å²) in [6.45, 7) is 9.86. The lowest BCUT2D eigenvalue weighted by Gasteiger charge is -2.40. The summed E-state index contributed by atoms with van der Waals surface area (Å²) in [7, 11) is 2.24. The quantitative estimate of drug-likeness (QED) is 0.734. The van der Waals surface area contributed by atoms with Crippen molar-refractivity contribution in [2.45, 2.75) is 25.5 Å². The summed E-state index contributed by atoms with van der Waals surface area (Å²) in [6, 6.07) is 0.727. The number of ether oxygens (including phenoxy) is 1. The van der Waals surface area contributed by atoms with Crippen LogP contribution in [0.25, 0.3) is 0 Å². The predicted molar refractivity (Wildman–Crippen MR) is 65.8 cm³/mol. The van der Waals surface area contributed by atoms with Gasteiger partial charge in [0.25, 0.3) is 0 Å². The zero-order valence-electron chi connectivity index (χ0n) is 10.6. The monoisotopic (exact) mass is 227 g/mol. The fraction of sp³-hybridized carbons (Fsp3) is 1.00. The molecule has 0 aromatic heterocycles. The van der Waals surface area contributed by atoms with E-state index in [4.69, 9.17) is 4.74 Å². The van der Waals surface area contributed by atoms with Gasteiger partial charge < -0.3 is 15.0 Å². The molecule has 0 aliphatic carbocycles. The van der Waals surface area contributed by atoms with Crippen LogP contribution in [0.1, 0.15) is 13.3 Å². The SMILES string of the molecule is CCC1CN(CC2CNCCO2)CCN1C. The number of hydrogen-bond donors (Lipinski definition) is 1. The molecule has 1 N–H and O–H groups in total. The van der Waals surface area contributed by atoms with Gasteiger partial charge in [-0.25, -0.2) is 0 Å². The minimum atomic E-state index is 0.398. The van der Waals surface area contributed by atoms with Gasteiger partial charge in [0.15, 0.2) is 0 Å². The predicted octanol–water partition coefficient (Wildman–Crippen LogP) is 0.000800. The van der Waals surface area contributed by atoms with Gasteiger partial charge in [-0.05, 0) is 13.5 Å². The Labute approximate surface area is 98.9 Å². The van der Waals surface area contributed by atoms with E-state index in [0.29, 0.717) is 6.10 Å². The van der Waals surface area contributed by atoms with E-state index in [9.17, 15) is 0 Å². The van der Waals surface area contributed by atoms with Crippen molar-refractivity contribution in [2.75, 3.05) is 52.9 Å². The van der Waals surface area contributed by atoms with E-state index < -0.39 is 0 Å². The molecule has 0 saturated carbocycles. The van der Waals surface area contributed by atoms with Crippen molar-refractivity contribution in [2.24, 2.45) is 0 Å². The maximum atomic E-state index is 5.76. The first-order chi connectivity index (χ1) is 7.79. The largest absolute Gasteiger partial charge is 0.374 e. The number of nitrogens with zero attached hydrogens (tertiary/aromatic N) is 2. The third-order valence-corrected chi connectivity index (χ3v) is 3.80. The Morgan fingerprint density at radius 3 is 2.94 bits per heavy atom. The molecular formula is C12H25N3O. The van der Waals surface area contributed by atoms with Crippen molar-refractivity contribution in [3.8, 4) is 0 Å². The molecule has 2 atom stereocenters. The fourth-order valence-corrected chi connectivity index (χ4v) is 2.64. The molecule has 2 fully saturated rings. The Balaban J connectivity index is 1.76. The average molecular weight is 227 g/mol. The molecule has 0 amide bonds. The maximum absolute atomic E-state index is 5.76. The van der Waals surface area contributed by atoms with Crippen molar-refractivity contribution in [1.29, 1.82) is 0 Å². The lowest BCUT2D eigenvalue weighted by atomic mass is 10.1. The molecule has 0 radical (unpaired) electrons. The topological polar surface area (TPSA) is 27.7 Å². The van der Waals surface area contributed by atoms with Crippen LogP contribution >= 0.6 is 0 Å². The summed E-state index contributed by atoms with van der Waals surface area (Å²) in [5.41, 5.74) is 0. The van der Waals surface area contributed by atoms with Gasteiger partial charge in [0.2, 0.25) is 0 Å². The number of nitrogens with one attached hydrogen (secondary N) is 1. The zero-order chi connectivity index (χ0) is 11.4. The Bertz CT molecular complexity index is 206. The number of rotatable bonds is 3. The van der Waals surface area contributed by atoms with Gasteiger partial charge in [-0.2, -0.15) is 0 Å². The molecule has 4 heteroatoms. The smallest absolute Gasteiger partial charge is 0.0826 e. The van der Waals surface area contributed by atoms with Gasteiger partial charge in [-0.15, -0.1) is 0 Å². The van der Waals surface area contributed by atoms with E-state index in [1.54, 1.807) is 0 Å². The van der Waals surface area contributed by atoms with E-state index in [0.717, 1.165) is 32.3 Å². The first-order valence-corrected chi connectivity index (χ1v) is 6.54. The molecule has 2 aliphatic heterocycles. The summed E-state index contributed by atoms with van der Waals surface area (Å²) in [6.07, 6.45) is 1.64. The fourth-order valence-electron chi connectivity index (χ4n) is 2.64. The van der Waals surface area contributed by atoms with Gasteiger partial charge in [-0.3, -0.25) is 4.90 Å². The lowest BCUT2D eigenvalue weighted by Crippen LogP contribution is -2.54. The van der Waals surface area contributed by atoms with Gasteiger partial charge >= 0.3 is 0 Å². The van der Waals surface area contributed by atoms with Crippen molar-refractivity contribution >= 4 is 0 Å². The highest BCUT2D eigenvalue weighted by molar-refractivity contribution is 4.81. The Morgan fingerprint density at radius 2 is 2.25 bits per heavy atom. The highest BCUT2D eigenvalue weighted by Crippen LogP contribution is 2.11. The van der Waals surface area contributed by atoms with Crippen LogP contribution in [0, 0.1) is 0 Å². The number of hydrogen-bond acceptors (Lipinski definition) is 4. The van der Waals surface area contributed by atoms with Crippen LogP contribution in [0.4, 0.5) is 0 Å². The van der Waals surface area contributed by atoms with Crippen molar-refractivity contribution in [3.05, 3.63) is 0 Å². The number of likely N-dealkylation sites (N-methyl/N-ethyl adjacent to an activating group) is 1. The standard InChI is InChI=1S/C12H25N3O/c1-3-11-9-15(6-5-14(11)2)10-12-8-13-4-7-16-12/h11-13H,3-10H2,1-2H3. The Morgan fingerprint density at radius 1 is 1.38 bits per heavy atom. The van der Waals surface area contributed by atoms with E-state index in [1.807, 2.05) is 0 Å². The normalized spacial score (nSPS) is 34.1. The van der Waals surface area contributed by atoms with Gasteiger partial charge in [0, 0.05) is 45.3 Å². The molecule has 0 aromatic carbocycles. The summed E-state index contributed by atoms with van der Waals surface area (Å²) in [5, 5.41) is 3.40.